The van der Waals surface area contributed by atoms with Crippen molar-refractivity contribution in [2.75, 3.05) is 12.0 Å². The maximum Gasteiger partial charge on any atom is 0.201 e. The molecule has 5 nitrogen and oxygen atoms in total. The number of hydrogen-bond donors (Lipinski definition) is 1. The Bertz CT molecular complexity index is 923. The fourth-order valence-corrected chi connectivity index (χ4v) is 4.00. The minimum atomic E-state index is -3.33. The Morgan fingerprint density at radius 2 is 2.10 bits per heavy atom. The zero-order valence-electron chi connectivity index (χ0n) is 11.7. The van der Waals surface area contributed by atoms with E-state index in [2.05, 4.69) is 15.7 Å². The molecule has 3 rings (SSSR count). The number of aryl methyl sites for hydroxylation is 1. The van der Waals surface area contributed by atoms with E-state index >= 15 is 0 Å². The van der Waals surface area contributed by atoms with Crippen LogP contribution < -0.4 is 5.73 Å². The number of thiophene rings is 1. The first-order valence-electron chi connectivity index (χ1n) is 6.34. The Hall–Kier alpha value is -1.86. The van der Waals surface area contributed by atoms with Gasteiger partial charge in [-0.2, -0.15) is 11.3 Å². The van der Waals surface area contributed by atoms with E-state index in [1.165, 1.54) is 11.8 Å². The largest absolute Gasteiger partial charge is 0.369 e. The molecule has 2 aromatic heterocycles. The highest BCUT2D eigenvalue weighted by molar-refractivity contribution is 7.91. The number of para-hydroxylation sites is 1. The summed E-state index contributed by atoms with van der Waals surface area (Å²) in [5.41, 5.74) is 9.52. The molecule has 2 N–H and O–H groups in total. The molecule has 3 aromatic rings. The van der Waals surface area contributed by atoms with Gasteiger partial charge in [-0.05, 0) is 40.9 Å². The maximum absolute atomic E-state index is 11.9. The van der Waals surface area contributed by atoms with Crippen LogP contribution in [0.1, 0.15) is 11.1 Å². The van der Waals surface area contributed by atoms with E-state index in [9.17, 15) is 8.42 Å². The second kappa shape index (κ2) is 4.85. The normalized spacial score (nSPS) is 12.1. The topological polar surface area (TPSA) is 78.0 Å². The minimum Gasteiger partial charge on any atom is -0.369 e. The molecule has 7 heteroatoms. The number of imidazole rings is 1. The first-order chi connectivity index (χ1) is 9.88. The third kappa shape index (κ3) is 2.43. The van der Waals surface area contributed by atoms with E-state index in [0.717, 1.165) is 11.1 Å². The molecule has 0 bridgehead atoms. The van der Waals surface area contributed by atoms with Crippen molar-refractivity contribution in [2.45, 2.75) is 18.4 Å². The standard InChI is InChI=1S/C14H15N3O2S2/c1-9-7-20-8-10(9)6-17-11-4-3-5-12(21(2,18)19)13(11)16-14(17)15/h3-5,7-8H,6H2,1-2H3,(H2,15,16). The summed E-state index contributed by atoms with van der Waals surface area (Å²) in [7, 11) is -3.33. The zero-order valence-corrected chi connectivity index (χ0v) is 13.3. The van der Waals surface area contributed by atoms with Crippen LogP contribution >= 0.6 is 11.3 Å². The third-order valence-electron chi connectivity index (χ3n) is 3.46. The SMILES string of the molecule is Cc1cscc1Cn1c(N)nc2c(S(C)(=O)=O)cccc21. The second-order valence-corrected chi connectivity index (χ2v) is 7.76. The number of hydrogen-bond acceptors (Lipinski definition) is 5. The van der Waals surface area contributed by atoms with Gasteiger partial charge in [-0.3, -0.25) is 0 Å². The van der Waals surface area contributed by atoms with Crippen LogP contribution in [0.25, 0.3) is 11.0 Å². The summed E-state index contributed by atoms with van der Waals surface area (Å²) in [4.78, 5) is 4.47. The molecule has 21 heavy (non-hydrogen) atoms. The summed E-state index contributed by atoms with van der Waals surface area (Å²) in [5.74, 6) is 0.326. The van der Waals surface area contributed by atoms with E-state index < -0.39 is 9.84 Å². The van der Waals surface area contributed by atoms with Gasteiger partial charge in [0.1, 0.15) is 5.52 Å². The fraction of sp³-hybridized carbons (Fsp3) is 0.214. The summed E-state index contributed by atoms with van der Waals surface area (Å²) in [6, 6.07) is 5.12. The highest BCUT2D eigenvalue weighted by Crippen LogP contribution is 2.26. The number of aromatic nitrogens is 2. The number of nitrogens with zero attached hydrogens (tertiary/aromatic N) is 2. The van der Waals surface area contributed by atoms with Crippen LogP contribution in [0.5, 0.6) is 0 Å². The van der Waals surface area contributed by atoms with Gasteiger partial charge in [-0.1, -0.05) is 6.07 Å². The number of rotatable bonds is 3. The van der Waals surface area contributed by atoms with Crippen LogP contribution in [0.3, 0.4) is 0 Å². The Balaban J connectivity index is 2.21. The van der Waals surface area contributed by atoms with Crippen molar-refractivity contribution in [3.8, 4) is 0 Å². The van der Waals surface area contributed by atoms with Crippen molar-refractivity contribution in [3.05, 3.63) is 40.1 Å². The average molecular weight is 321 g/mol. The Labute approximate surface area is 127 Å². The van der Waals surface area contributed by atoms with E-state index in [0.29, 0.717) is 18.0 Å². The third-order valence-corrected chi connectivity index (χ3v) is 5.50. The molecule has 0 aliphatic rings. The Kier molecular flexibility index (Phi) is 3.26. The highest BCUT2D eigenvalue weighted by Gasteiger charge is 2.18. The van der Waals surface area contributed by atoms with Crippen molar-refractivity contribution < 1.29 is 8.42 Å². The summed E-state index contributed by atoms with van der Waals surface area (Å²) < 4.78 is 25.5. The van der Waals surface area contributed by atoms with Crippen LogP contribution in [-0.4, -0.2) is 24.2 Å². The lowest BCUT2D eigenvalue weighted by Crippen LogP contribution is -2.04. The lowest BCUT2D eigenvalue weighted by molar-refractivity contribution is 0.602. The first-order valence-corrected chi connectivity index (χ1v) is 9.18. The van der Waals surface area contributed by atoms with E-state index in [-0.39, 0.29) is 4.90 Å². The molecule has 0 unspecified atom stereocenters. The number of nitrogens with two attached hydrogens (primary N) is 1. The predicted molar refractivity (Wildman–Crippen MR) is 85.4 cm³/mol. The lowest BCUT2D eigenvalue weighted by Gasteiger charge is -2.06. The number of sulfone groups is 1. The molecular weight excluding hydrogens is 306 g/mol. The van der Waals surface area contributed by atoms with Crippen LogP contribution in [0.2, 0.25) is 0 Å². The van der Waals surface area contributed by atoms with Gasteiger partial charge in [0.2, 0.25) is 5.95 Å². The number of benzene rings is 1. The molecule has 0 amide bonds. The van der Waals surface area contributed by atoms with E-state index in [1.54, 1.807) is 23.5 Å². The molecule has 0 saturated carbocycles. The smallest absolute Gasteiger partial charge is 0.201 e. The van der Waals surface area contributed by atoms with Crippen molar-refractivity contribution in [3.63, 3.8) is 0 Å². The predicted octanol–water partition coefficient (Wildman–Crippen LogP) is 2.44. The maximum atomic E-state index is 11.9. The van der Waals surface area contributed by atoms with Gasteiger partial charge in [0.15, 0.2) is 9.84 Å². The van der Waals surface area contributed by atoms with Gasteiger partial charge in [-0.15, -0.1) is 0 Å². The summed E-state index contributed by atoms with van der Waals surface area (Å²) in [6.07, 6.45) is 1.18. The van der Waals surface area contributed by atoms with Gasteiger partial charge < -0.3 is 10.3 Å². The summed E-state index contributed by atoms with van der Waals surface area (Å²) >= 11 is 1.64. The van der Waals surface area contributed by atoms with Crippen molar-refractivity contribution in [2.24, 2.45) is 0 Å². The van der Waals surface area contributed by atoms with E-state index in [4.69, 9.17) is 5.73 Å². The van der Waals surface area contributed by atoms with E-state index in [1.807, 2.05) is 17.6 Å². The van der Waals surface area contributed by atoms with Crippen LogP contribution in [-0.2, 0) is 16.4 Å². The van der Waals surface area contributed by atoms with Crippen LogP contribution in [0.15, 0.2) is 33.9 Å². The van der Waals surface area contributed by atoms with Gasteiger partial charge >= 0.3 is 0 Å². The molecule has 0 radical (unpaired) electrons. The Morgan fingerprint density at radius 1 is 1.33 bits per heavy atom. The number of anilines is 1. The van der Waals surface area contributed by atoms with Gasteiger partial charge in [0, 0.05) is 6.26 Å². The highest BCUT2D eigenvalue weighted by atomic mass is 32.2. The zero-order chi connectivity index (χ0) is 15.2. The Morgan fingerprint density at radius 3 is 2.71 bits per heavy atom. The van der Waals surface area contributed by atoms with Crippen LogP contribution in [0.4, 0.5) is 5.95 Å². The number of nitrogen functional groups attached to an aromatic ring is 1. The minimum absolute atomic E-state index is 0.215. The van der Waals surface area contributed by atoms with Crippen molar-refractivity contribution >= 4 is 38.2 Å². The molecule has 0 aliphatic heterocycles. The van der Waals surface area contributed by atoms with Crippen molar-refractivity contribution in [1.82, 2.24) is 9.55 Å². The van der Waals surface area contributed by atoms with Gasteiger partial charge in [0.25, 0.3) is 0 Å². The monoisotopic (exact) mass is 321 g/mol. The summed E-state index contributed by atoms with van der Waals surface area (Å²) in [5, 5.41) is 4.15. The molecule has 110 valence electrons. The summed E-state index contributed by atoms with van der Waals surface area (Å²) in [6.45, 7) is 2.63. The second-order valence-electron chi connectivity index (χ2n) is 5.03. The molecule has 1 aromatic carbocycles. The molecule has 2 heterocycles. The molecule has 0 aliphatic carbocycles. The molecule has 0 fully saturated rings. The first kappa shape index (κ1) is 14.1. The average Bonchev–Trinajstić information content (AvgIpc) is 2.93. The van der Waals surface area contributed by atoms with Gasteiger partial charge in [0.05, 0.1) is 17.0 Å². The van der Waals surface area contributed by atoms with Gasteiger partial charge in [-0.25, -0.2) is 13.4 Å². The fourth-order valence-electron chi connectivity index (χ4n) is 2.32. The quantitative estimate of drug-likeness (QED) is 0.803. The number of fused-ring (bicyclic) bond motifs is 1. The molecule has 0 atom stereocenters. The lowest BCUT2D eigenvalue weighted by atomic mass is 10.2. The molecule has 0 spiro atoms. The molecule has 0 saturated heterocycles. The van der Waals surface area contributed by atoms with Crippen LogP contribution in [0, 0.1) is 6.92 Å². The molecular formula is C14H15N3O2S2. The van der Waals surface area contributed by atoms with Crippen molar-refractivity contribution in [1.29, 1.82) is 0 Å².